The monoisotopic (exact) mass is 421 g/mol. The quantitative estimate of drug-likeness (QED) is 0.265. The molecule has 0 spiro atoms. The summed E-state index contributed by atoms with van der Waals surface area (Å²) in [5, 5.41) is 13.2. The van der Waals surface area contributed by atoms with Crippen molar-refractivity contribution in [1.29, 1.82) is 0 Å². The highest BCUT2D eigenvalue weighted by Crippen LogP contribution is 2.28. The maximum atomic E-state index is 4.74. The fraction of sp³-hybridized carbons (Fsp3) is 0.185. The van der Waals surface area contributed by atoms with Crippen molar-refractivity contribution in [3.8, 4) is 22.5 Å². The zero-order valence-electron chi connectivity index (χ0n) is 18.5. The van der Waals surface area contributed by atoms with Crippen molar-refractivity contribution in [2.75, 3.05) is 5.43 Å². The van der Waals surface area contributed by atoms with Crippen LogP contribution >= 0.6 is 0 Å². The summed E-state index contributed by atoms with van der Waals surface area (Å²) >= 11 is 0. The first-order valence-corrected chi connectivity index (χ1v) is 11.0. The van der Waals surface area contributed by atoms with Gasteiger partial charge in [-0.2, -0.15) is 5.10 Å². The number of hydrogen-bond acceptors (Lipinski definition) is 5. The predicted molar refractivity (Wildman–Crippen MR) is 132 cm³/mol. The maximum absolute atomic E-state index is 4.74. The second-order valence-corrected chi connectivity index (χ2v) is 7.67. The lowest BCUT2D eigenvalue weighted by Gasteiger charge is -2.09. The fourth-order valence-corrected chi connectivity index (χ4v) is 3.45. The van der Waals surface area contributed by atoms with Crippen molar-refractivity contribution in [3.63, 3.8) is 0 Å². The molecule has 0 aliphatic heterocycles. The van der Waals surface area contributed by atoms with Gasteiger partial charge in [0, 0.05) is 11.1 Å². The van der Waals surface area contributed by atoms with Crippen molar-refractivity contribution in [1.82, 2.24) is 15.2 Å². The van der Waals surface area contributed by atoms with Crippen molar-refractivity contribution < 1.29 is 0 Å². The van der Waals surface area contributed by atoms with Crippen LogP contribution in [0.25, 0.3) is 22.5 Å². The summed E-state index contributed by atoms with van der Waals surface area (Å²) in [4.78, 5) is 4.74. The van der Waals surface area contributed by atoms with Gasteiger partial charge in [-0.1, -0.05) is 98.3 Å². The number of hydrogen-bond donors (Lipinski definition) is 1. The average Bonchev–Trinajstić information content (AvgIpc) is 2.87. The molecule has 5 heteroatoms. The highest BCUT2D eigenvalue weighted by atomic mass is 15.4. The molecule has 1 aromatic heterocycles. The lowest BCUT2D eigenvalue weighted by Crippen LogP contribution is -2.05. The van der Waals surface area contributed by atoms with Gasteiger partial charge in [-0.25, -0.2) is 10.4 Å². The predicted octanol–water partition coefficient (Wildman–Crippen LogP) is 6.38. The van der Waals surface area contributed by atoms with Crippen molar-refractivity contribution in [3.05, 3.63) is 96.1 Å². The molecule has 4 aromatic rings. The lowest BCUT2D eigenvalue weighted by molar-refractivity contribution is 0.795. The molecular weight excluding hydrogens is 394 g/mol. The summed E-state index contributed by atoms with van der Waals surface area (Å²) in [6.45, 7) is 4.18. The van der Waals surface area contributed by atoms with Crippen LogP contribution in [0.4, 0.5) is 5.95 Å². The molecule has 0 radical (unpaired) electrons. The van der Waals surface area contributed by atoms with E-state index >= 15 is 0 Å². The second kappa shape index (κ2) is 10.4. The van der Waals surface area contributed by atoms with Gasteiger partial charge in [-0.3, -0.25) is 0 Å². The number of hydrazone groups is 1. The molecule has 0 saturated carbocycles. The Morgan fingerprint density at radius 1 is 0.781 bits per heavy atom. The standard InChI is InChI=1S/C27H27N5/c1-3-4-11-21-16-18-22(19-17-21)20(2)29-31-27-28-25(23-12-7-5-8-13-23)26(30-32-27)24-14-9-6-10-15-24/h5-10,12-19H,3-4,11H2,1-2H3,(H,28,31,32)/b29-20+. The van der Waals surface area contributed by atoms with E-state index in [0.29, 0.717) is 5.95 Å². The van der Waals surface area contributed by atoms with Crippen LogP contribution in [0.15, 0.2) is 90.0 Å². The Kier molecular flexibility index (Phi) is 6.98. The lowest BCUT2D eigenvalue weighted by atomic mass is 10.0. The molecular formula is C27H27N5. The molecule has 3 aromatic carbocycles. The van der Waals surface area contributed by atoms with Crippen molar-refractivity contribution in [2.24, 2.45) is 5.10 Å². The number of nitrogens with one attached hydrogen (secondary N) is 1. The molecule has 0 unspecified atom stereocenters. The highest BCUT2D eigenvalue weighted by Gasteiger charge is 2.13. The molecule has 1 heterocycles. The maximum Gasteiger partial charge on any atom is 0.263 e. The normalized spacial score (nSPS) is 11.4. The van der Waals surface area contributed by atoms with Crippen molar-refractivity contribution in [2.45, 2.75) is 33.1 Å². The van der Waals surface area contributed by atoms with E-state index in [0.717, 1.165) is 40.2 Å². The third kappa shape index (κ3) is 5.24. The van der Waals surface area contributed by atoms with Gasteiger partial charge in [0.1, 0.15) is 11.4 Å². The van der Waals surface area contributed by atoms with Gasteiger partial charge in [0.05, 0.1) is 5.71 Å². The van der Waals surface area contributed by atoms with Gasteiger partial charge in [-0.05, 0) is 30.9 Å². The minimum atomic E-state index is 0.363. The SMILES string of the molecule is CCCCc1ccc(/C(C)=N/Nc2nnc(-c3ccccc3)c(-c3ccccc3)n2)cc1. The smallest absolute Gasteiger partial charge is 0.244 e. The van der Waals surface area contributed by atoms with E-state index in [2.05, 4.69) is 51.9 Å². The molecule has 0 aliphatic carbocycles. The summed E-state index contributed by atoms with van der Waals surface area (Å²) in [5.74, 6) is 0.363. The number of anilines is 1. The van der Waals surface area contributed by atoms with Crippen LogP contribution in [0.1, 0.15) is 37.8 Å². The van der Waals surface area contributed by atoms with Gasteiger partial charge in [0.2, 0.25) is 0 Å². The van der Waals surface area contributed by atoms with Crippen LogP contribution in [0.2, 0.25) is 0 Å². The number of unbranched alkanes of at least 4 members (excludes halogenated alkanes) is 1. The first-order valence-electron chi connectivity index (χ1n) is 11.0. The Hall–Kier alpha value is -3.86. The molecule has 0 saturated heterocycles. The highest BCUT2D eigenvalue weighted by molar-refractivity contribution is 5.99. The van der Waals surface area contributed by atoms with Crippen LogP contribution in [-0.4, -0.2) is 20.9 Å². The van der Waals surface area contributed by atoms with Gasteiger partial charge >= 0.3 is 0 Å². The number of aryl methyl sites for hydroxylation is 1. The third-order valence-electron chi connectivity index (χ3n) is 5.30. The Morgan fingerprint density at radius 3 is 2.03 bits per heavy atom. The summed E-state index contributed by atoms with van der Waals surface area (Å²) in [7, 11) is 0. The number of nitrogens with zero attached hydrogens (tertiary/aromatic N) is 4. The fourth-order valence-electron chi connectivity index (χ4n) is 3.45. The number of aromatic nitrogens is 3. The summed E-state index contributed by atoms with van der Waals surface area (Å²) in [6.07, 6.45) is 3.52. The first kappa shape index (κ1) is 21.4. The third-order valence-corrected chi connectivity index (χ3v) is 5.30. The first-order chi connectivity index (χ1) is 15.7. The zero-order valence-corrected chi connectivity index (χ0v) is 18.5. The Bertz CT molecular complexity index is 1170. The van der Waals surface area contributed by atoms with Crippen LogP contribution in [0, 0.1) is 0 Å². The number of benzene rings is 3. The topological polar surface area (TPSA) is 63.1 Å². The molecule has 0 fully saturated rings. The molecule has 0 bridgehead atoms. The van der Waals surface area contributed by atoms with E-state index < -0.39 is 0 Å². The minimum Gasteiger partial charge on any atom is -0.244 e. The summed E-state index contributed by atoms with van der Waals surface area (Å²) in [6, 6.07) is 28.6. The van der Waals surface area contributed by atoms with Crippen LogP contribution in [-0.2, 0) is 6.42 Å². The number of rotatable bonds is 8. The van der Waals surface area contributed by atoms with E-state index in [-0.39, 0.29) is 0 Å². The zero-order chi connectivity index (χ0) is 22.2. The van der Waals surface area contributed by atoms with E-state index in [4.69, 9.17) is 4.98 Å². The van der Waals surface area contributed by atoms with Gasteiger partial charge in [0.15, 0.2) is 0 Å². The Balaban J connectivity index is 1.59. The van der Waals surface area contributed by atoms with Crippen LogP contribution in [0.5, 0.6) is 0 Å². The van der Waals surface area contributed by atoms with E-state index in [1.165, 1.54) is 18.4 Å². The Labute approximate surface area is 189 Å². The van der Waals surface area contributed by atoms with E-state index in [1.807, 2.05) is 67.6 Å². The second-order valence-electron chi connectivity index (χ2n) is 7.67. The van der Waals surface area contributed by atoms with Crippen molar-refractivity contribution >= 4 is 11.7 Å². The molecule has 4 rings (SSSR count). The average molecular weight is 422 g/mol. The molecule has 0 atom stereocenters. The molecule has 32 heavy (non-hydrogen) atoms. The van der Waals surface area contributed by atoms with E-state index in [1.54, 1.807) is 0 Å². The molecule has 1 N–H and O–H groups in total. The van der Waals surface area contributed by atoms with Gasteiger partial charge < -0.3 is 0 Å². The Morgan fingerprint density at radius 2 is 1.41 bits per heavy atom. The van der Waals surface area contributed by atoms with Crippen LogP contribution < -0.4 is 5.43 Å². The molecule has 0 aliphatic rings. The van der Waals surface area contributed by atoms with E-state index in [9.17, 15) is 0 Å². The van der Waals surface area contributed by atoms with Gasteiger partial charge in [0.25, 0.3) is 5.95 Å². The minimum absolute atomic E-state index is 0.363. The summed E-state index contributed by atoms with van der Waals surface area (Å²) in [5.41, 5.74) is 9.73. The van der Waals surface area contributed by atoms with Crippen LogP contribution in [0.3, 0.4) is 0 Å². The summed E-state index contributed by atoms with van der Waals surface area (Å²) < 4.78 is 0. The molecule has 0 amide bonds. The van der Waals surface area contributed by atoms with Gasteiger partial charge in [-0.15, -0.1) is 10.2 Å². The molecule has 160 valence electrons. The largest absolute Gasteiger partial charge is 0.263 e. The molecule has 5 nitrogen and oxygen atoms in total.